The van der Waals surface area contributed by atoms with Crippen molar-refractivity contribution in [3.05, 3.63) is 30.3 Å². The first-order valence-corrected chi connectivity index (χ1v) is 6.47. The highest BCUT2D eigenvalue weighted by molar-refractivity contribution is 5.76. The molecule has 0 heterocycles. The predicted octanol–water partition coefficient (Wildman–Crippen LogP) is 1.24. The Balaban J connectivity index is 2.16. The molecule has 0 radical (unpaired) electrons. The van der Waals surface area contributed by atoms with Crippen LogP contribution in [0.3, 0.4) is 0 Å². The molecule has 1 amide bonds. The van der Waals surface area contributed by atoms with Gasteiger partial charge in [-0.25, -0.2) is 0 Å². The molecular weight excluding hydrogens is 226 g/mol. The summed E-state index contributed by atoms with van der Waals surface area (Å²) in [5.74, 6) is 0.109. The van der Waals surface area contributed by atoms with Gasteiger partial charge in [-0.1, -0.05) is 25.1 Å². The zero-order chi connectivity index (χ0) is 13.2. The molecule has 2 N–H and O–H groups in total. The number of rotatable bonds is 8. The van der Waals surface area contributed by atoms with Crippen molar-refractivity contribution >= 4 is 11.6 Å². The minimum atomic E-state index is 0.109. The second kappa shape index (κ2) is 8.53. The van der Waals surface area contributed by atoms with Crippen LogP contribution in [-0.2, 0) is 4.79 Å². The molecule has 0 bridgehead atoms. The number of anilines is 1. The lowest BCUT2D eigenvalue weighted by Crippen LogP contribution is -2.34. The Morgan fingerprint density at radius 3 is 2.61 bits per heavy atom. The van der Waals surface area contributed by atoms with E-state index in [2.05, 4.69) is 27.7 Å². The van der Waals surface area contributed by atoms with Crippen LogP contribution in [0, 0.1) is 0 Å². The van der Waals surface area contributed by atoms with Gasteiger partial charge in [-0.2, -0.15) is 0 Å². The van der Waals surface area contributed by atoms with E-state index in [1.54, 1.807) is 0 Å². The molecule has 1 aromatic rings. The second-order valence-corrected chi connectivity index (χ2v) is 4.21. The van der Waals surface area contributed by atoms with Gasteiger partial charge in [0.25, 0.3) is 0 Å². The zero-order valence-corrected chi connectivity index (χ0v) is 11.3. The van der Waals surface area contributed by atoms with E-state index in [1.807, 2.05) is 32.2 Å². The van der Waals surface area contributed by atoms with Gasteiger partial charge in [0.2, 0.25) is 5.91 Å². The van der Waals surface area contributed by atoms with Crippen LogP contribution in [0.1, 0.15) is 13.3 Å². The standard InChI is InChI=1S/C14H23N3O/c1-3-15-10-9-14(18)16-11-12-17(2)13-7-5-4-6-8-13/h4-8,15H,3,9-12H2,1-2H3,(H,16,18). The third kappa shape index (κ3) is 5.68. The highest BCUT2D eigenvalue weighted by Gasteiger charge is 2.02. The lowest BCUT2D eigenvalue weighted by atomic mass is 10.3. The molecule has 0 aliphatic heterocycles. The number of nitrogens with zero attached hydrogens (tertiary/aromatic N) is 1. The summed E-state index contributed by atoms with van der Waals surface area (Å²) >= 11 is 0. The molecule has 0 spiro atoms. The van der Waals surface area contributed by atoms with Gasteiger partial charge in [0.05, 0.1) is 0 Å². The summed E-state index contributed by atoms with van der Waals surface area (Å²) in [6, 6.07) is 10.2. The zero-order valence-electron chi connectivity index (χ0n) is 11.3. The van der Waals surface area contributed by atoms with Gasteiger partial charge in [0.15, 0.2) is 0 Å². The average Bonchev–Trinajstić information content (AvgIpc) is 2.40. The van der Waals surface area contributed by atoms with Crippen molar-refractivity contribution in [3.8, 4) is 0 Å². The van der Waals surface area contributed by atoms with Crippen molar-refractivity contribution in [2.24, 2.45) is 0 Å². The van der Waals surface area contributed by atoms with Crippen LogP contribution in [0.5, 0.6) is 0 Å². The molecule has 4 heteroatoms. The highest BCUT2D eigenvalue weighted by Crippen LogP contribution is 2.09. The SMILES string of the molecule is CCNCCC(=O)NCCN(C)c1ccccc1. The van der Waals surface area contributed by atoms with E-state index in [9.17, 15) is 4.79 Å². The molecule has 0 saturated carbocycles. The first-order valence-electron chi connectivity index (χ1n) is 6.47. The van der Waals surface area contributed by atoms with Crippen LogP contribution in [-0.4, -0.2) is 39.1 Å². The van der Waals surface area contributed by atoms with Crippen LogP contribution in [0.15, 0.2) is 30.3 Å². The van der Waals surface area contributed by atoms with Crippen LogP contribution in [0.4, 0.5) is 5.69 Å². The van der Waals surface area contributed by atoms with Crippen LogP contribution < -0.4 is 15.5 Å². The topological polar surface area (TPSA) is 44.4 Å². The number of hydrogen-bond donors (Lipinski definition) is 2. The fraction of sp³-hybridized carbons (Fsp3) is 0.500. The normalized spacial score (nSPS) is 10.1. The number of likely N-dealkylation sites (N-methyl/N-ethyl adjacent to an activating group) is 1. The lowest BCUT2D eigenvalue weighted by Gasteiger charge is -2.19. The summed E-state index contributed by atoms with van der Waals surface area (Å²) in [6.07, 6.45) is 0.545. The van der Waals surface area contributed by atoms with Crippen molar-refractivity contribution in [3.63, 3.8) is 0 Å². The maximum atomic E-state index is 11.5. The number of hydrogen-bond acceptors (Lipinski definition) is 3. The molecule has 1 rings (SSSR count). The van der Waals surface area contributed by atoms with Crippen molar-refractivity contribution in [2.45, 2.75) is 13.3 Å². The van der Waals surface area contributed by atoms with E-state index in [1.165, 1.54) is 5.69 Å². The maximum absolute atomic E-state index is 11.5. The van der Waals surface area contributed by atoms with Gasteiger partial charge in [0.1, 0.15) is 0 Å². The van der Waals surface area contributed by atoms with Gasteiger partial charge >= 0.3 is 0 Å². The third-order valence-electron chi connectivity index (χ3n) is 2.75. The van der Waals surface area contributed by atoms with Gasteiger partial charge in [-0.05, 0) is 18.7 Å². The number of benzene rings is 1. The van der Waals surface area contributed by atoms with Crippen molar-refractivity contribution in [2.75, 3.05) is 38.1 Å². The quantitative estimate of drug-likeness (QED) is 0.681. The van der Waals surface area contributed by atoms with E-state index >= 15 is 0 Å². The van der Waals surface area contributed by atoms with Gasteiger partial charge in [-0.15, -0.1) is 0 Å². The molecule has 4 nitrogen and oxygen atoms in total. The van der Waals surface area contributed by atoms with Gasteiger partial charge in [0, 0.05) is 38.8 Å². The Kier molecular flexibility index (Phi) is 6.87. The Hall–Kier alpha value is -1.55. The largest absolute Gasteiger partial charge is 0.373 e. The minimum absolute atomic E-state index is 0.109. The fourth-order valence-corrected chi connectivity index (χ4v) is 1.64. The maximum Gasteiger partial charge on any atom is 0.221 e. The van der Waals surface area contributed by atoms with Crippen LogP contribution >= 0.6 is 0 Å². The Labute approximate surface area is 109 Å². The number of para-hydroxylation sites is 1. The predicted molar refractivity (Wildman–Crippen MR) is 75.9 cm³/mol. The van der Waals surface area contributed by atoms with E-state index in [0.717, 1.165) is 19.6 Å². The van der Waals surface area contributed by atoms with E-state index in [-0.39, 0.29) is 5.91 Å². The number of carbonyl (C=O) groups is 1. The number of carbonyl (C=O) groups excluding carboxylic acids is 1. The second-order valence-electron chi connectivity index (χ2n) is 4.21. The Morgan fingerprint density at radius 2 is 1.94 bits per heavy atom. The van der Waals surface area contributed by atoms with Crippen LogP contribution in [0.25, 0.3) is 0 Å². The van der Waals surface area contributed by atoms with E-state index in [4.69, 9.17) is 0 Å². The van der Waals surface area contributed by atoms with Crippen molar-refractivity contribution < 1.29 is 4.79 Å². The molecule has 1 aromatic carbocycles. The molecule has 0 fully saturated rings. The monoisotopic (exact) mass is 249 g/mol. The summed E-state index contributed by atoms with van der Waals surface area (Å²) in [5, 5.41) is 6.05. The number of amides is 1. The first kappa shape index (κ1) is 14.5. The minimum Gasteiger partial charge on any atom is -0.373 e. The smallest absolute Gasteiger partial charge is 0.221 e. The highest BCUT2D eigenvalue weighted by atomic mass is 16.1. The average molecular weight is 249 g/mol. The first-order chi connectivity index (χ1) is 8.74. The van der Waals surface area contributed by atoms with Crippen molar-refractivity contribution in [1.82, 2.24) is 10.6 Å². The summed E-state index contributed by atoms with van der Waals surface area (Å²) in [7, 11) is 2.03. The molecule has 0 aliphatic rings. The van der Waals surface area contributed by atoms with Gasteiger partial charge < -0.3 is 15.5 Å². The van der Waals surface area contributed by atoms with Crippen molar-refractivity contribution in [1.29, 1.82) is 0 Å². The number of nitrogens with one attached hydrogen (secondary N) is 2. The summed E-state index contributed by atoms with van der Waals surface area (Å²) in [5.41, 5.74) is 1.17. The summed E-state index contributed by atoms with van der Waals surface area (Å²) < 4.78 is 0. The molecule has 0 atom stereocenters. The van der Waals surface area contributed by atoms with Crippen LogP contribution in [0.2, 0.25) is 0 Å². The molecule has 18 heavy (non-hydrogen) atoms. The molecule has 100 valence electrons. The molecule has 0 aliphatic carbocycles. The molecule has 0 unspecified atom stereocenters. The fourth-order valence-electron chi connectivity index (χ4n) is 1.64. The summed E-state index contributed by atoms with van der Waals surface area (Å²) in [4.78, 5) is 13.6. The lowest BCUT2D eigenvalue weighted by molar-refractivity contribution is -0.120. The van der Waals surface area contributed by atoms with Gasteiger partial charge in [-0.3, -0.25) is 4.79 Å². The molecule has 0 saturated heterocycles. The van der Waals surface area contributed by atoms with E-state index in [0.29, 0.717) is 13.0 Å². The summed E-state index contributed by atoms with van der Waals surface area (Å²) in [6.45, 7) is 5.18. The molecule has 0 aromatic heterocycles. The molecular formula is C14H23N3O. The third-order valence-corrected chi connectivity index (χ3v) is 2.75. The van der Waals surface area contributed by atoms with E-state index < -0.39 is 0 Å². The Morgan fingerprint density at radius 1 is 1.22 bits per heavy atom. The Bertz CT molecular complexity index is 340.